The van der Waals surface area contributed by atoms with Crippen LogP contribution < -0.4 is 14.8 Å². The number of anilines is 2. The number of aryl methyl sites for hydroxylation is 2. The van der Waals surface area contributed by atoms with Crippen LogP contribution in [0.2, 0.25) is 0 Å². The zero-order chi connectivity index (χ0) is 26.1. The van der Waals surface area contributed by atoms with E-state index in [-0.39, 0.29) is 16.3 Å². The fraction of sp³-hybridized carbons (Fsp3) is 0.240. The Kier molecular flexibility index (Phi) is 6.96. The summed E-state index contributed by atoms with van der Waals surface area (Å²) in [5.74, 6) is 0.0996. The quantitative estimate of drug-likeness (QED) is 0.311. The first kappa shape index (κ1) is 25.5. The van der Waals surface area contributed by atoms with Gasteiger partial charge in [0.25, 0.3) is 10.0 Å². The highest BCUT2D eigenvalue weighted by molar-refractivity contribution is 7.92. The fourth-order valence-electron chi connectivity index (χ4n) is 3.64. The molecule has 0 spiro atoms. The molecule has 0 aliphatic carbocycles. The maximum atomic E-state index is 14.4. The van der Waals surface area contributed by atoms with Gasteiger partial charge in [-0.15, -0.1) is 0 Å². The molecule has 0 saturated heterocycles. The molecule has 0 atom stereocenters. The largest absolute Gasteiger partial charge is 0.495 e. The monoisotopic (exact) mass is 527 g/mol. The molecule has 11 heteroatoms. The first-order valence-corrected chi connectivity index (χ1v) is 13.3. The Labute approximate surface area is 213 Å². The number of sulfonamides is 1. The highest BCUT2D eigenvalue weighted by Gasteiger charge is 2.27. The molecule has 0 aliphatic rings. The van der Waals surface area contributed by atoms with Gasteiger partial charge in [0.05, 0.1) is 28.9 Å². The summed E-state index contributed by atoms with van der Waals surface area (Å²) < 4.78 is 48.7. The van der Waals surface area contributed by atoms with E-state index < -0.39 is 21.4 Å². The molecule has 2 aromatic heterocycles. The minimum Gasteiger partial charge on any atom is -0.495 e. The van der Waals surface area contributed by atoms with Crippen LogP contribution in [0.1, 0.15) is 30.9 Å². The Hall–Kier alpha value is -3.57. The Morgan fingerprint density at radius 1 is 1.06 bits per heavy atom. The Morgan fingerprint density at radius 2 is 1.78 bits per heavy atom. The van der Waals surface area contributed by atoms with Crippen molar-refractivity contribution in [3.8, 4) is 16.2 Å². The number of benzene rings is 2. The smallest absolute Gasteiger partial charge is 0.265 e. The molecule has 0 fully saturated rings. The predicted octanol–water partition coefficient (Wildman–Crippen LogP) is 5.51. The molecule has 188 valence electrons. The molecule has 2 heterocycles. The van der Waals surface area contributed by atoms with Crippen molar-refractivity contribution < 1.29 is 17.5 Å². The zero-order valence-electron chi connectivity index (χ0n) is 20.5. The van der Waals surface area contributed by atoms with E-state index in [0.29, 0.717) is 22.1 Å². The second-order valence-corrected chi connectivity index (χ2v) is 11.3. The number of ether oxygens (including phenoxy) is 1. The number of nitrogens with one attached hydrogen (secondary N) is 2. The molecule has 0 bridgehead atoms. The zero-order valence-corrected chi connectivity index (χ0v) is 22.1. The molecule has 0 aliphatic heterocycles. The first-order valence-electron chi connectivity index (χ1n) is 11.0. The maximum absolute atomic E-state index is 14.4. The lowest BCUT2D eigenvalue weighted by molar-refractivity contribution is 0.403. The van der Waals surface area contributed by atoms with E-state index in [1.54, 1.807) is 43.6 Å². The number of hydrogen-bond acceptors (Lipinski definition) is 8. The van der Waals surface area contributed by atoms with Gasteiger partial charge >= 0.3 is 0 Å². The van der Waals surface area contributed by atoms with Gasteiger partial charge in [0.1, 0.15) is 16.5 Å². The number of hydrogen-bond donors (Lipinski definition) is 2. The molecule has 0 saturated carbocycles. The summed E-state index contributed by atoms with van der Waals surface area (Å²) in [6.07, 6.45) is 3.36. The van der Waals surface area contributed by atoms with Crippen molar-refractivity contribution >= 4 is 32.2 Å². The summed E-state index contributed by atoms with van der Waals surface area (Å²) in [6, 6.07) is 11.0. The van der Waals surface area contributed by atoms with Crippen LogP contribution in [0, 0.1) is 19.7 Å². The van der Waals surface area contributed by atoms with Crippen LogP contribution in [0.5, 0.6) is 5.75 Å². The van der Waals surface area contributed by atoms with Crippen LogP contribution in [0.4, 0.5) is 15.2 Å². The van der Waals surface area contributed by atoms with Crippen LogP contribution in [-0.2, 0) is 15.6 Å². The number of methoxy groups -OCH3 is 1. The van der Waals surface area contributed by atoms with E-state index in [9.17, 15) is 12.8 Å². The van der Waals surface area contributed by atoms with Gasteiger partial charge in [-0.3, -0.25) is 4.72 Å². The average Bonchev–Trinajstić information content (AvgIpc) is 3.20. The molecule has 36 heavy (non-hydrogen) atoms. The number of rotatable bonds is 8. The van der Waals surface area contributed by atoms with Gasteiger partial charge in [0.2, 0.25) is 0 Å². The number of para-hydroxylation sites is 1. The third-order valence-corrected chi connectivity index (χ3v) is 8.01. The fourth-order valence-corrected chi connectivity index (χ4v) is 6.10. The van der Waals surface area contributed by atoms with Crippen molar-refractivity contribution in [1.29, 1.82) is 0 Å². The topological polar surface area (TPSA) is 106 Å². The Balaban J connectivity index is 1.70. The molecule has 4 rings (SSSR count). The highest BCUT2D eigenvalue weighted by atomic mass is 32.2. The number of nitrogens with zero attached hydrogens (tertiary/aromatic N) is 3. The number of thiazole rings is 1. The lowest BCUT2D eigenvalue weighted by Gasteiger charge is -2.23. The normalized spacial score (nSPS) is 11.8. The molecule has 4 aromatic rings. The molecule has 2 aromatic carbocycles. The number of halogens is 1. The van der Waals surface area contributed by atoms with E-state index in [1.165, 1.54) is 36.6 Å². The van der Waals surface area contributed by atoms with E-state index in [4.69, 9.17) is 4.74 Å². The summed E-state index contributed by atoms with van der Waals surface area (Å²) in [6.45, 7) is 7.38. The molecule has 0 amide bonds. The van der Waals surface area contributed by atoms with Crippen LogP contribution in [-0.4, -0.2) is 30.5 Å². The minimum absolute atomic E-state index is 0.101. The van der Waals surface area contributed by atoms with Crippen molar-refractivity contribution in [2.75, 3.05) is 17.1 Å². The van der Waals surface area contributed by atoms with Gasteiger partial charge in [-0.1, -0.05) is 23.5 Å². The van der Waals surface area contributed by atoms with Crippen molar-refractivity contribution in [1.82, 2.24) is 15.0 Å². The van der Waals surface area contributed by atoms with Gasteiger partial charge < -0.3 is 10.1 Å². The lowest BCUT2D eigenvalue weighted by Crippen LogP contribution is -2.30. The van der Waals surface area contributed by atoms with E-state index in [0.717, 1.165) is 10.6 Å². The summed E-state index contributed by atoms with van der Waals surface area (Å²) >= 11 is 1.38. The lowest BCUT2D eigenvalue weighted by atomic mass is 10.1. The minimum atomic E-state index is -4.17. The molecular weight excluding hydrogens is 501 g/mol. The van der Waals surface area contributed by atoms with Crippen molar-refractivity contribution in [3.63, 3.8) is 0 Å². The summed E-state index contributed by atoms with van der Waals surface area (Å²) in [7, 11) is -2.78. The van der Waals surface area contributed by atoms with Crippen molar-refractivity contribution in [2.45, 2.75) is 38.1 Å². The Bertz CT molecular complexity index is 1490. The molecule has 2 N–H and O–H groups in total. The third-order valence-electron chi connectivity index (χ3n) is 5.51. The third kappa shape index (κ3) is 5.17. The average molecular weight is 528 g/mol. The SMILES string of the molecule is COc1ccc(-c2sc(NC(C)(C)c3ncccn3)nc2C)cc1S(=O)(=O)Nc1c(C)cccc1F. The first-order chi connectivity index (χ1) is 17.0. The summed E-state index contributed by atoms with van der Waals surface area (Å²) in [4.78, 5) is 14.0. The molecule has 0 radical (unpaired) electrons. The predicted molar refractivity (Wildman–Crippen MR) is 139 cm³/mol. The second-order valence-electron chi connectivity index (χ2n) is 8.66. The van der Waals surface area contributed by atoms with E-state index in [1.807, 2.05) is 20.8 Å². The van der Waals surface area contributed by atoms with Gasteiger partial charge in [0.15, 0.2) is 11.0 Å². The molecular formula is C25H26FN5O3S2. The highest BCUT2D eigenvalue weighted by Crippen LogP contribution is 2.38. The van der Waals surface area contributed by atoms with Gasteiger partial charge in [-0.2, -0.15) is 0 Å². The van der Waals surface area contributed by atoms with Crippen LogP contribution >= 0.6 is 11.3 Å². The van der Waals surface area contributed by atoms with Crippen LogP contribution in [0.15, 0.2) is 59.8 Å². The molecule has 0 unspecified atom stereocenters. The van der Waals surface area contributed by atoms with E-state index >= 15 is 0 Å². The Morgan fingerprint density at radius 3 is 2.44 bits per heavy atom. The van der Waals surface area contributed by atoms with Gasteiger partial charge in [-0.05, 0) is 69.2 Å². The van der Waals surface area contributed by atoms with Crippen LogP contribution in [0.3, 0.4) is 0 Å². The summed E-state index contributed by atoms with van der Waals surface area (Å²) in [5, 5.41) is 4.00. The van der Waals surface area contributed by atoms with Gasteiger partial charge in [0, 0.05) is 12.4 Å². The molecule has 8 nitrogen and oxygen atoms in total. The summed E-state index contributed by atoms with van der Waals surface area (Å²) in [5.41, 5.74) is 1.14. The van der Waals surface area contributed by atoms with E-state index in [2.05, 4.69) is 25.0 Å². The second kappa shape index (κ2) is 9.82. The van der Waals surface area contributed by atoms with Gasteiger partial charge in [-0.25, -0.2) is 27.8 Å². The van der Waals surface area contributed by atoms with Crippen molar-refractivity contribution in [3.05, 3.63) is 77.8 Å². The standard InChI is InChI=1S/C25H26FN5O3S2/c1-15-8-6-9-18(26)21(15)31-36(32,33)20-14-17(10-11-19(20)34-5)22-16(2)29-24(35-22)30-25(3,4)23-27-12-7-13-28-23/h6-14,31H,1-5H3,(H,29,30). The maximum Gasteiger partial charge on any atom is 0.265 e. The number of aromatic nitrogens is 3. The van der Waals surface area contributed by atoms with Crippen LogP contribution in [0.25, 0.3) is 10.4 Å². The van der Waals surface area contributed by atoms with Crippen molar-refractivity contribution in [2.24, 2.45) is 0 Å².